The van der Waals surface area contributed by atoms with E-state index in [4.69, 9.17) is 28.2 Å². The van der Waals surface area contributed by atoms with E-state index < -0.39 is 5.97 Å². The molecule has 4 aromatic rings. The van der Waals surface area contributed by atoms with Crippen molar-refractivity contribution >= 4 is 52.3 Å². The molecular weight excluding hydrogens is 511 g/mol. The average molecular weight is 527 g/mol. The molecule has 2 aromatic carbocycles. The molecule has 1 N–H and O–H groups in total. The number of aryl methyl sites for hydroxylation is 2. The molecule has 0 saturated carbocycles. The van der Waals surface area contributed by atoms with Crippen molar-refractivity contribution in [2.45, 2.75) is 30.2 Å². The first kappa shape index (κ1) is 22.9. The molecule has 1 atom stereocenters. The summed E-state index contributed by atoms with van der Waals surface area (Å²) in [7, 11) is 0. The van der Waals surface area contributed by atoms with Gasteiger partial charge in [-0.1, -0.05) is 40.6 Å². The molecule has 6 nitrogen and oxygen atoms in total. The zero-order chi connectivity index (χ0) is 24.3. The van der Waals surface area contributed by atoms with Crippen molar-refractivity contribution in [1.29, 1.82) is 5.26 Å². The van der Waals surface area contributed by atoms with Gasteiger partial charge in [0.25, 0.3) is 0 Å². The third-order valence-electron chi connectivity index (χ3n) is 5.59. The number of thiazole rings is 1. The molecule has 1 unspecified atom stereocenters. The maximum Gasteiger partial charge on any atom is 0.355 e. The van der Waals surface area contributed by atoms with E-state index >= 15 is 0 Å². The van der Waals surface area contributed by atoms with Gasteiger partial charge in [-0.2, -0.15) is 15.0 Å². The van der Waals surface area contributed by atoms with Gasteiger partial charge in [-0.15, -0.1) is 11.8 Å². The Balaban J connectivity index is 1.71. The lowest BCUT2D eigenvalue weighted by Gasteiger charge is -2.21. The second-order valence-electron chi connectivity index (χ2n) is 7.97. The van der Waals surface area contributed by atoms with Gasteiger partial charge in [0.15, 0.2) is 5.69 Å². The fraction of sp³-hybridized carbons (Fsp3) is 0.167. The first-order valence-electron chi connectivity index (χ1n) is 10.2. The van der Waals surface area contributed by atoms with Crippen molar-refractivity contribution in [2.24, 2.45) is 0 Å². The molecule has 10 heteroatoms. The van der Waals surface area contributed by atoms with E-state index in [0.717, 1.165) is 26.6 Å². The van der Waals surface area contributed by atoms with Crippen LogP contribution in [0.5, 0.6) is 0 Å². The summed E-state index contributed by atoms with van der Waals surface area (Å²) in [6.07, 6.45) is 0. The van der Waals surface area contributed by atoms with Gasteiger partial charge in [0.05, 0.1) is 37.3 Å². The molecule has 0 fully saturated rings. The van der Waals surface area contributed by atoms with Crippen LogP contribution in [-0.4, -0.2) is 25.8 Å². The quantitative estimate of drug-likeness (QED) is 0.300. The second-order valence-corrected chi connectivity index (χ2v) is 11.4. The van der Waals surface area contributed by atoms with Crippen molar-refractivity contribution in [3.8, 4) is 33.6 Å². The average Bonchev–Trinajstić information content (AvgIpc) is 3.35. The van der Waals surface area contributed by atoms with Gasteiger partial charge in [-0.25, -0.2) is 9.78 Å². The molecule has 5 rings (SSSR count). The van der Waals surface area contributed by atoms with E-state index in [2.05, 4.69) is 18.1 Å². The third-order valence-corrected chi connectivity index (χ3v) is 8.69. The fourth-order valence-corrected chi connectivity index (χ4v) is 7.03. The molecule has 0 amide bonds. The third kappa shape index (κ3) is 3.69. The number of fused-ring (bicyclic) bond motifs is 3. The Morgan fingerprint density at radius 3 is 2.62 bits per heavy atom. The number of hydrogen-bond acceptors (Lipinski definition) is 6. The van der Waals surface area contributed by atoms with Gasteiger partial charge in [-0.3, -0.25) is 0 Å². The Morgan fingerprint density at radius 2 is 1.91 bits per heavy atom. The van der Waals surface area contributed by atoms with Gasteiger partial charge in [0.1, 0.15) is 0 Å². The van der Waals surface area contributed by atoms with Crippen LogP contribution in [0.4, 0.5) is 0 Å². The number of hydrogen-bond donors (Lipinski definition) is 1. The second kappa shape index (κ2) is 8.43. The summed E-state index contributed by atoms with van der Waals surface area (Å²) in [4.78, 5) is 17.2. The van der Waals surface area contributed by atoms with Crippen molar-refractivity contribution in [1.82, 2.24) is 14.8 Å². The van der Waals surface area contributed by atoms with Crippen molar-refractivity contribution < 1.29 is 9.90 Å². The van der Waals surface area contributed by atoms with Crippen LogP contribution in [0.1, 0.15) is 45.0 Å². The molecule has 0 bridgehead atoms. The van der Waals surface area contributed by atoms with Crippen molar-refractivity contribution in [3.05, 3.63) is 68.5 Å². The van der Waals surface area contributed by atoms with Crippen LogP contribution < -0.4 is 0 Å². The van der Waals surface area contributed by atoms with Crippen LogP contribution in [0.15, 0.2) is 34.5 Å². The van der Waals surface area contributed by atoms with E-state index in [1.54, 1.807) is 30.8 Å². The maximum atomic E-state index is 12.4. The van der Waals surface area contributed by atoms with Crippen LogP contribution in [-0.2, 0) is 0 Å². The fourth-order valence-electron chi connectivity index (χ4n) is 4.16. The first-order chi connectivity index (χ1) is 16.2. The smallest absolute Gasteiger partial charge is 0.355 e. The monoisotopic (exact) mass is 526 g/mol. The highest BCUT2D eigenvalue weighted by Gasteiger charge is 2.31. The standard InChI is InChI=1S/C24H16Cl2N4O2S2/c1-10-4-13(9-27)6-14(5-10)19-11(2)29-30(21(19)22(31)32)24-28-20-16-8-18(26)17(25)7-15(16)12(3)33-23(20)34-24/h4-8,12H,1-3H3,(H,31,32). The van der Waals surface area contributed by atoms with Gasteiger partial charge in [0, 0.05) is 16.4 Å². The number of benzene rings is 2. The number of rotatable bonds is 3. The number of carbonyl (C=O) groups is 1. The molecule has 1 aliphatic heterocycles. The van der Waals surface area contributed by atoms with E-state index in [0.29, 0.717) is 37.6 Å². The minimum atomic E-state index is -1.12. The summed E-state index contributed by atoms with van der Waals surface area (Å²) >= 11 is 15.6. The van der Waals surface area contributed by atoms with E-state index in [-0.39, 0.29) is 10.9 Å². The molecule has 34 heavy (non-hydrogen) atoms. The maximum absolute atomic E-state index is 12.4. The zero-order valence-corrected chi connectivity index (χ0v) is 21.3. The van der Waals surface area contributed by atoms with Gasteiger partial charge in [0.2, 0.25) is 5.13 Å². The number of aromatic nitrogens is 3. The molecule has 2 aromatic heterocycles. The van der Waals surface area contributed by atoms with Crippen LogP contribution in [0, 0.1) is 25.2 Å². The highest BCUT2D eigenvalue weighted by atomic mass is 35.5. The number of thioether (sulfide) groups is 1. The predicted octanol–water partition coefficient (Wildman–Crippen LogP) is 7.32. The number of halogens is 2. The van der Waals surface area contributed by atoms with Gasteiger partial charge in [-0.05, 0) is 61.7 Å². The Morgan fingerprint density at radius 1 is 1.18 bits per heavy atom. The van der Waals surface area contributed by atoms with E-state index in [1.807, 2.05) is 25.1 Å². The lowest BCUT2D eigenvalue weighted by molar-refractivity contribution is 0.0688. The lowest BCUT2D eigenvalue weighted by Crippen LogP contribution is -2.09. The highest BCUT2D eigenvalue weighted by Crippen LogP contribution is 2.53. The summed E-state index contributed by atoms with van der Waals surface area (Å²) in [5.41, 5.74) is 5.62. The van der Waals surface area contributed by atoms with Crippen molar-refractivity contribution in [2.75, 3.05) is 0 Å². The molecule has 170 valence electrons. The van der Waals surface area contributed by atoms with Gasteiger partial charge >= 0.3 is 5.97 Å². The molecule has 0 spiro atoms. The largest absolute Gasteiger partial charge is 0.476 e. The topological polar surface area (TPSA) is 91.8 Å². The number of carboxylic acid groups (broad SMARTS) is 1. The molecule has 3 heterocycles. The van der Waals surface area contributed by atoms with Crippen LogP contribution in [0.25, 0.3) is 27.5 Å². The molecular formula is C24H16Cl2N4O2S2. The number of nitriles is 1. The summed E-state index contributed by atoms with van der Waals surface area (Å²) in [6, 6.07) is 11.1. The van der Waals surface area contributed by atoms with Crippen LogP contribution in [0.2, 0.25) is 10.0 Å². The Hall–Kier alpha value is -2.83. The number of aromatic carboxylic acids is 1. The summed E-state index contributed by atoms with van der Waals surface area (Å²) in [5, 5.41) is 25.6. The zero-order valence-electron chi connectivity index (χ0n) is 18.2. The minimum Gasteiger partial charge on any atom is -0.476 e. The number of carboxylic acids is 1. The molecule has 0 saturated heterocycles. The Labute approximate surface area is 213 Å². The Bertz CT molecular complexity index is 1550. The first-order valence-corrected chi connectivity index (χ1v) is 12.7. The summed E-state index contributed by atoms with van der Waals surface area (Å²) < 4.78 is 2.34. The van der Waals surface area contributed by atoms with E-state index in [9.17, 15) is 15.2 Å². The molecule has 1 aliphatic rings. The minimum absolute atomic E-state index is 0.00509. The van der Waals surface area contributed by atoms with Gasteiger partial charge < -0.3 is 5.11 Å². The van der Waals surface area contributed by atoms with Crippen molar-refractivity contribution in [3.63, 3.8) is 0 Å². The number of nitrogens with zero attached hydrogens (tertiary/aromatic N) is 4. The highest BCUT2D eigenvalue weighted by molar-refractivity contribution is 8.01. The SMILES string of the molecule is Cc1cc(C#N)cc(-c2c(C)nn(-c3nc4c(s3)SC(C)c3cc(Cl)c(Cl)cc3-4)c2C(=O)O)c1. The normalized spacial score (nSPS) is 14.4. The molecule has 0 aliphatic carbocycles. The lowest BCUT2D eigenvalue weighted by atomic mass is 9.99. The van der Waals surface area contributed by atoms with E-state index in [1.165, 1.54) is 16.0 Å². The summed E-state index contributed by atoms with van der Waals surface area (Å²) in [6.45, 7) is 5.71. The molecule has 0 radical (unpaired) electrons. The predicted molar refractivity (Wildman–Crippen MR) is 136 cm³/mol. The van der Waals surface area contributed by atoms with Crippen LogP contribution in [0.3, 0.4) is 0 Å². The Kier molecular flexibility index (Phi) is 5.69. The van der Waals surface area contributed by atoms with Crippen LogP contribution >= 0.6 is 46.3 Å². The summed E-state index contributed by atoms with van der Waals surface area (Å²) in [5.74, 6) is -1.12.